The number of ether oxygens (including phenoxy) is 5. The molecule has 4 aromatic rings. The molecule has 0 unspecified atom stereocenters. The second-order valence-electron chi connectivity index (χ2n) is 9.65. The zero-order valence-electron chi connectivity index (χ0n) is 26.3. The molecule has 2 N–H and O–H groups in total. The van der Waals surface area contributed by atoms with Crippen LogP contribution in [0.5, 0.6) is 0 Å². The van der Waals surface area contributed by atoms with Crippen LogP contribution in [0.4, 0.5) is 0 Å². The normalized spacial score (nSPS) is 15.2. The first-order chi connectivity index (χ1) is 21.6. The van der Waals surface area contributed by atoms with E-state index in [1.165, 1.54) is 0 Å². The molecule has 46 heavy (non-hydrogen) atoms. The van der Waals surface area contributed by atoms with Crippen molar-refractivity contribution in [2.75, 3.05) is 66.1 Å². The van der Waals surface area contributed by atoms with E-state index in [9.17, 15) is 0 Å². The van der Waals surface area contributed by atoms with E-state index in [1.807, 2.05) is 72.8 Å². The summed E-state index contributed by atoms with van der Waals surface area (Å²) in [7, 11) is 0. The molecule has 0 radical (unpaired) electrons. The van der Waals surface area contributed by atoms with E-state index in [-0.39, 0.29) is 24.3 Å². The van der Waals surface area contributed by atoms with Gasteiger partial charge in [0.2, 0.25) is 0 Å². The van der Waals surface area contributed by atoms with Crippen LogP contribution in [-0.2, 0) is 47.7 Å². The zero-order chi connectivity index (χ0) is 30.8. The van der Waals surface area contributed by atoms with Gasteiger partial charge in [-0.1, -0.05) is 139 Å². The van der Waals surface area contributed by atoms with Gasteiger partial charge in [-0.05, 0) is 10.6 Å². The van der Waals surface area contributed by atoms with Gasteiger partial charge in [-0.25, -0.2) is 0 Å². The molecule has 0 aromatic heterocycles. The van der Waals surface area contributed by atoms with Gasteiger partial charge in [0.25, 0.3) is 0 Å². The number of nitrogens with zero attached hydrogens (tertiary/aromatic N) is 1. The van der Waals surface area contributed by atoms with Crippen molar-refractivity contribution in [3.8, 4) is 0 Å². The Bertz CT molecular complexity index is 1310. The first kappa shape index (κ1) is 40.6. The van der Waals surface area contributed by atoms with E-state index in [0.717, 1.165) is 21.2 Å². The first-order valence-corrected chi connectivity index (χ1v) is 20.2. The molecular weight excluding hydrogens is 651 g/mol. The van der Waals surface area contributed by atoms with Crippen molar-refractivity contribution in [2.24, 2.45) is 4.52 Å². The smallest absolute Gasteiger partial charge is 0.730 e. The van der Waals surface area contributed by atoms with Crippen molar-refractivity contribution in [3.63, 3.8) is 0 Å². The van der Waals surface area contributed by atoms with Crippen LogP contribution in [0.1, 0.15) is 0 Å². The van der Waals surface area contributed by atoms with Crippen LogP contribution < -0.4 is 40.1 Å². The Labute approximate surface area is 296 Å². The zero-order valence-corrected chi connectivity index (χ0v) is 29.7. The molecule has 0 aliphatic carbocycles. The molecular formula is C34H42LiNO6P2S2. The molecule has 12 heteroatoms. The molecule has 1 aliphatic heterocycles. The summed E-state index contributed by atoms with van der Waals surface area (Å²) in [4.78, 5) is 0. The molecule has 0 atom stereocenters. The molecule has 0 saturated carbocycles. The second-order valence-corrected chi connectivity index (χ2v) is 17.9. The van der Waals surface area contributed by atoms with Crippen molar-refractivity contribution < 1.29 is 48.0 Å². The Morgan fingerprint density at radius 2 is 0.652 bits per heavy atom. The van der Waals surface area contributed by atoms with Crippen LogP contribution in [0.3, 0.4) is 0 Å². The Morgan fingerprint density at radius 3 is 0.891 bits per heavy atom. The topological polar surface area (TPSA) is 90.0 Å². The van der Waals surface area contributed by atoms with Crippen LogP contribution >= 0.6 is 12.4 Å². The molecule has 242 valence electrons. The molecule has 0 spiro atoms. The quantitative estimate of drug-likeness (QED) is 0.178. The predicted molar refractivity (Wildman–Crippen MR) is 193 cm³/mol. The third-order valence-corrected chi connectivity index (χ3v) is 16.4. The molecule has 1 saturated heterocycles. The average molecular weight is 694 g/mol. The molecule has 1 aliphatic rings. The SMILES string of the molecule is C1COCCOCCOCCOCCO1.O.S=P(N=P([S-])(c1ccccc1)c1ccccc1)(c1ccccc1)c1ccccc1.[Li+]. The molecule has 7 nitrogen and oxygen atoms in total. The summed E-state index contributed by atoms with van der Waals surface area (Å²) in [6.45, 7) is 6.11. The monoisotopic (exact) mass is 693 g/mol. The second kappa shape index (κ2) is 22.9. The van der Waals surface area contributed by atoms with Crippen molar-refractivity contribution in [2.45, 2.75) is 0 Å². The van der Waals surface area contributed by atoms with Crippen molar-refractivity contribution >= 4 is 57.7 Å². The Hall–Kier alpha value is -1.53. The minimum Gasteiger partial charge on any atom is -0.730 e. The summed E-state index contributed by atoms with van der Waals surface area (Å²) in [6.07, 6.45) is -4.95. The molecule has 0 amide bonds. The number of rotatable bonds is 5. The van der Waals surface area contributed by atoms with Gasteiger partial charge >= 0.3 is 18.9 Å². The van der Waals surface area contributed by atoms with Gasteiger partial charge in [-0.15, -0.1) is 0 Å². The number of benzene rings is 4. The summed E-state index contributed by atoms with van der Waals surface area (Å²) in [5.74, 6) is 0. The van der Waals surface area contributed by atoms with Gasteiger partial charge < -0.3 is 41.4 Å². The predicted octanol–water partition coefficient (Wildman–Crippen LogP) is 1.61. The molecule has 1 fully saturated rings. The minimum atomic E-state index is -2.47. The first-order valence-electron chi connectivity index (χ1n) is 14.7. The summed E-state index contributed by atoms with van der Waals surface area (Å²) >= 11 is 12.8. The maximum absolute atomic E-state index is 6.39. The summed E-state index contributed by atoms with van der Waals surface area (Å²) in [5.41, 5.74) is 0. The van der Waals surface area contributed by atoms with Gasteiger partial charge in [-0.3, -0.25) is 4.52 Å². The maximum Gasteiger partial charge on any atom is 1.00 e. The van der Waals surface area contributed by atoms with E-state index in [2.05, 4.69) is 48.5 Å². The maximum atomic E-state index is 6.39. The van der Waals surface area contributed by atoms with E-state index in [4.69, 9.17) is 52.3 Å². The fourth-order valence-electron chi connectivity index (χ4n) is 4.30. The standard InChI is InChI=1S/C24H20NP2S2.C10H20O5.Li.H2O/c28-26(21-13-5-1-6-14-21,22-15-7-2-8-16-22)25-27(29,23-17-9-3-10-18-23)24-19-11-4-12-20-24;1-2-12-5-6-14-9-10-15-8-7-13-4-3-11-1;;/h1-20H;1-10H2;;1H2/q-1;;+1;. The van der Waals surface area contributed by atoms with Crippen molar-refractivity contribution in [1.29, 1.82) is 0 Å². The summed E-state index contributed by atoms with van der Waals surface area (Å²) in [6, 6.07) is 41.0. The number of hydrogen-bond acceptors (Lipinski definition) is 7. The van der Waals surface area contributed by atoms with Crippen molar-refractivity contribution in [3.05, 3.63) is 121 Å². The summed E-state index contributed by atoms with van der Waals surface area (Å²) < 4.78 is 31.9. The third kappa shape index (κ3) is 12.8. The molecule has 1 heterocycles. The van der Waals surface area contributed by atoms with Gasteiger partial charge in [0.1, 0.15) is 6.19 Å². The van der Waals surface area contributed by atoms with E-state index < -0.39 is 12.4 Å². The van der Waals surface area contributed by atoms with Crippen LogP contribution in [0.2, 0.25) is 0 Å². The van der Waals surface area contributed by atoms with Gasteiger partial charge in [0, 0.05) is 10.6 Å². The van der Waals surface area contributed by atoms with Crippen LogP contribution in [0.15, 0.2) is 126 Å². The summed E-state index contributed by atoms with van der Waals surface area (Å²) in [5, 5.41) is 4.29. The fraction of sp³-hybridized carbons (Fsp3) is 0.294. The van der Waals surface area contributed by atoms with Crippen LogP contribution in [0.25, 0.3) is 0 Å². The largest absolute Gasteiger partial charge is 1.00 e. The van der Waals surface area contributed by atoms with Crippen LogP contribution in [0, 0.1) is 0 Å². The molecule has 5 rings (SSSR count). The van der Waals surface area contributed by atoms with Crippen LogP contribution in [-0.4, -0.2) is 71.5 Å². The van der Waals surface area contributed by atoms with E-state index in [0.29, 0.717) is 66.1 Å². The third-order valence-electron chi connectivity index (χ3n) is 6.54. The van der Waals surface area contributed by atoms with Gasteiger partial charge in [0.15, 0.2) is 0 Å². The molecule has 0 bridgehead atoms. The fourth-order valence-corrected chi connectivity index (χ4v) is 14.1. The van der Waals surface area contributed by atoms with Gasteiger partial charge in [-0.2, -0.15) is 0 Å². The van der Waals surface area contributed by atoms with E-state index in [1.54, 1.807) is 0 Å². The average Bonchev–Trinajstić information content (AvgIpc) is 3.10. The van der Waals surface area contributed by atoms with E-state index >= 15 is 0 Å². The number of hydrogen-bond donors (Lipinski definition) is 0. The minimum absolute atomic E-state index is 0. The van der Waals surface area contributed by atoms with Gasteiger partial charge in [0.05, 0.1) is 66.1 Å². The molecule has 4 aromatic carbocycles. The Balaban J connectivity index is 0.000000371. The van der Waals surface area contributed by atoms with Crippen molar-refractivity contribution in [1.82, 2.24) is 0 Å². The Kier molecular flexibility index (Phi) is 20.3. The Morgan fingerprint density at radius 1 is 0.435 bits per heavy atom.